The van der Waals surface area contributed by atoms with Gasteiger partial charge in [0.25, 0.3) is 5.91 Å². The van der Waals surface area contributed by atoms with E-state index >= 15 is 0 Å². The number of carbonyl (C=O) groups is 2. The Labute approximate surface area is 190 Å². The molecule has 164 valence electrons. The molecule has 0 aromatic heterocycles. The SMILES string of the molecule is O=C(NC(C(=O)N1CCC(c2ccc(Cl)cc2)CC1)C1CCCCC1)c1ccccc1. The smallest absolute Gasteiger partial charge is 0.251 e. The minimum absolute atomic E-state index is 0.0886. The molecule has 2 aliphatic rings. The van der Waals surface area contributed by atoms with Gasteiger partial charge in [-0.25, -0.2) is 0 Å². The van der Waals surface area contributed by atoms with Crippen LogP contribution in [0.4, 0.5) is 0 Å². The van der Waals surface area contributed by atoms with E-state index in [0.29, 0.717) is 11.5 Å². The van der Waals surface area contributed by atoms with E-state index in [9.17, 15) is 9.59 Å². The highest BCUT2D eigenvalue weighted by Crippen LogP contribution is 2.31. The normalized spacial score (nSPS) is 19.1. The molecule has 2 amide bonds. The van der Waals surface area contributed by atoms with Gasteiger partial charge in [0.2, 0.25) is 5.91 Å². The summed E-state index contributed by atoms with van der Waals surface area (Å²) in [6.45, 7) is 1.47. The van der Waals surface area contributed by atoms with Gasteiger partial charge in [0.1, 0.15) is 6.04 Å². The second-order valence-corrected chi connectivity index (χ2v) is 9.30. The number of likely N-dealkylation sites (tertiary alicyclic amines) is 1. The average Bonchev–Trinajstić information content (AvgIpc) is 2.84. The molecule has 1 heterocycles. The zero-order valence-electron chi connectivity index (χ0n) is 17.9. The molecule has 1 saturated carbocycles. The number of benzene rings is 2. The van der Waals surface area contributed by atoms with Crippen molar-refractivity contribution in [1.82, 2.24) is 10.2 Å². The van der Waals surface area contributed by atoms with Crippen LogP contribution in [0.15, 0.2) is 54.6 Å². The van der Waals surface area contributed by atoms with Crippen LogP contribution in [0.3, 0.4) is 0 Å². The van der Waals surface area contributed by atoms with Crippen LogP contribution < -0.4 is 5.32 Å². The molecular weight excluding hydrogens is 408 g/mol. The van der Waals surface area contributed by atoms with Gasteiger partial charge in [-0.2, -0.15) is 0 Å². The number of hydrogen-bond acceptors (Lipinski definition) is 2. The summed E-state index contributed by atoms with van der Waals surface area (Å²) in [5.41, 5.74) is 1.90. The van der Waals surface area contributed by atoms with Gasteiger partial charge >= 0.3 is 0 Å². The molecule has 1 unspecified atom stereocenters. The number of hydrogen-bond donors (Lipinski definition) is 1. The van der Waals surface area contributed by atoms with Crippen molar-refractivity contribution >= 4 is 23.4 Å². The maximum absolute atomic E-state index is 13.5. The first-order valence-corrected chi connectivity index (χ1v) is 11.9. The lowest BCUT2D eigenvalue weighted by Gasteiger charge is -2.37. The van der Waals surface area contributed by atoms with Crippen LogP contribution >= 0.6 is 11.6 Å². The van der Waals surface area contributed by atoms with Crippen molar-refractivity contribution in [2.45, 2.75) is 56.9 Å². The van der Waals surface area contributed by atoms with Gasteiger partial charge in [0, 0.05) is 23.7 Å². The Balaban J connectivity index is 1.43. The number of halogens is 1. The number of nitrogens with one attached hydrogen (secondary N) is 1. The van der Waals surface area contributed by atoms with E-state index in [1.807, 2.05) is 35.2 Å². The number of amides is 2. The molecule has 1 atom stereocenters. The van der Waals surface area contributed by atoms with Gasteiger partial charge in [0.05, 0.1) is 0 Å². The molecule has 0 spiro atoms. The van der Waals surface area contributed by atoms with Crippen LogP contribution in [-0.4, -0.2) is 35.8 Å². The summed E-state index contributed by atoms with van der Waals surface area (Å²) >= 11 is 6.02. The van der Waals surface area contributed by atoms with Crippen molar-refractivity contribution in [1.29, 1.82) is 0 Å². The molecule has 1 aliphatic heterocycles. The molecule has 0 bridgehead atoms. The molecule has 4 nitrogen and oxygen atoms in total. The summed E-state index contributed by atoms with van der Waals surface area (Å²) in [6, 6.07) is 16.8. The summed E-state index contributed by atoms with van der Waals surface area (Å²) in [5.74, 6) is 0.613. The Morgan fingerprint density at radius 1 is 0.871 bits per heavy atom. The maximum Gasteiger partial charge on any atom is 0.251 e. The fourth-order valence-electron chi connectivity index (χ4n) is 5.03. The predicted molar refractivity (Wildman–Crippen MR) is 124 cm³/mol. The average molecular weight is 439 g/mol. The van der Waals surface area contributed by atoms with Crippen molar-refractivity contribution < 1.29 is 9.59 Å². The van der Waals surface area contributed by atoms with E-state index in [1.54, 1.807) is 12.1 Å². The van der Waals surface area contributed by atoms with E-state index in [-0.39, 0.29) is 17.7 Å². The first kappa shape index (κ1) is 21.9. The third-order valence-corrected chi connectivity index (χ3v) is 7.11. The Kier molecular flexibility index (Phi) is 7.29. The van der Waals surface area contributed by atoms with Crippen molar-refractivity contribution in [3.05, 3.63) is 70.7 Å². The minimum atomic E-state index is -0.430. The molecular formula is C26H31ClN2O2. The monoisotopic (exact) mass is 438 g/mol. The second kappa shape index (κ2) is 10.3. The maximum atomic E-state index is 13.5. The molecule has 1 aliphatic carbocycles. The predicted octanol–water partition coefficient (Wildman–Crippen LogP) is 5.42. The van der Waals surface area contributed by atoms with E-state index in [2.05, 4.69) is 17.4 Å². The van der Waals surface area contributed by atoms with Crippen molar-refractivity contribution in [3.63, 3.8) is 0 Å². The van der Waals surface area contributed by atoms with Gasteiger partial charge in [-0.3, -0.25) is 9.59 Å². The number of piperidine rings is 1. The van der Waals surface area contributed by atoms with E-state index < -0.39 is 6.04 Å². The van der Waals surface area contributed by atoms with Crippen LogP contribution in [0.2, 0.25) is 5.02 Å². The Hall–Kier alpha value is -2.33. The van der Waals surface area contributed by atoms with Gasteiger partial charge in [-0.15, -0.1) is 0 Å². The lowest BCUT2D eigenvalue weighted by molar-refractivity contribution is -0.136. The van der Waals surface area contributed by atoms with Crippen LogP contribution in [0.5, 0.6) is 0 Å². The van der Waals surface area contributed by atoms with Crippen LogP contribution in [0.1, 0.15) is 66.8 Å². The molecule has 4 rings (SSSR count). The Bertz CT molecular complexity index is 870. The van der Waals surface area contributed by atoms with Crippen molar-refractivity contribution in [3.8, 4) is 0 Å². The summed E-state index contributed by atoms with van der Waals surface area (Å²) in [6.07, 6.45) is 7.38. The second-order valence-electron chi connectivity index (χ2n) is 8.87. The molecule has 2 aromatic carbocycles. The number of rotatable bonds is 5. The zero-order valence-corrected chi connectivity index (χ0v) is 18.7. The lowest BCUT2D eigenvalue weighted by Crippen LogP contribution is -2.54. The van der Waals surface area contributed by atoms with E-state index in [4.69, 9.17) is 11.6 Å². The number of nitrogens with zero attached hydrogens (tertiary/aromatic N) is 1. The molecule has 1 N–H and O–H groups in total. The molecule has 5 heteroatoms. The highest BCUT2D eigenvalue weighted by Gasteiger charge is 2.35. The fraction of sp³-hybridized carbons (Fsp3) is 0.462. The van der Waals surface area contributed by atoms with Crippen molar-refractivity contribution in [2.75, 3.05) is 13.1 Å². The zero-order chi connectivity index (χ0) is 21.6. The quantitative estimate of drug-likeness (QED) is 0.677. The van der Waals surface area contributed by atoms with Crippen LogP contribution in [-0.2, 0) is 4.79 Å². The molecule has 1 saturated heterocycles. The number of carbonyl (C=O) groups excluding carboxylic acids is 2. The highest BCUT2D eigenvalue weighted by atomic mass is 35.5. The summed E-state index contributed by atoms with van der Waals surface area (Å²) in [5, 5.41) is 3.86. The molecule has 2 fully saturated rings. The van der Waals surface area contributed by atoms with E-state index in [1.165, 1.54) is 12.0 Å². The minimum Gasteiger partial charge on any atom is -0.341 e. The summed E-state index contributed by atoms with van der Waals surface area (Å²) < 4.78 is 0. The topological polar surface area (TPSA) is 49.4 Å². The molecule has 31 heavy (non-hydrogen) atoms. The van der Waals surface area contributed by atoms with Gasteiger partial charge in [0.15, 0.2) is 0 Å². The standard InChI is InChI=1S/C26H31ClN2O2/c27-23-13-11-19(12-14-23)20-15-17-29(18-16-20)26(31)24(21-7-3-1-4-8-21)28-25(30)22-9-5-2-6-10-22/h2,5-6,9-14,20-21,24H,1,3-4,7-8,15-18H2,(H,28,30). The Morgan fingerprint density at radius 3 is 2.16 bits per heavy atom. The molecule has 0 radical (unpaired) electrons. The van der Waals surface area contributed by atoms with Crippen LogP contribution in [0, 0.1) is 5.92 Å². The summed E-state index contributed by atoms with van der Waals surface area (Å²) in [7, 11) is 0. The first-order valence-electron chi connectivity index (χ1n) is 11.5. The van der Waals surface area contributed by atoms with Gasteiger partial charge in [-0.1, -0.05) is 61.2 Å². The largest absolute Gasteiger partial charge is 0.341 e. The third-order valence-electron chi connectivity index (χ3n) is 6.86. The highest BCUT2D eigenvalue weighted by molar-refractivity contribution is 6.30. The summed E-state index contributed by atoms with van der Waals surface area (Å²) in [4.78, 5) is 28.4. The van der Waals surface area contributed by atoms with E-state index in [0.717, 1.165) is 56.6 Å². The third kappa shape index (κ3) is 5.48. The Morgan fingerprint density at radius 2 is 1.52 bits per heavy atom. The first-order chi connectivity index (χ1) is 15.1. The van der Waals surface area contributed by atoms with Crippen molar-refractivity contribution in [2.24, 2.45) is 5.92 Å². The van der Waals surface area contributed by atoms with Gasteiger partial charge < -0.3 is 10.2 Å². The van der Waals surface area contributed by atoms with Crippen LogP contribution in [0.25, 0.3) is 0 Å². The lowest BCUT2D eigenvalue weighted by atomic mass is 9.82. The van der Waals surface area contributed by atoms with Gasteiger partial charge in [-0.05, 0) is 67.3 Å². The fourth-order valence-corrected chi connectivity index (χ4v) is 5.15. The molecule has 2 aromatic rings.